The number of nitrogens with zero attached hydrogens (tertiary/aromatic N) is 1. The summed E-state index contributed by atoms with van der Waals surface area (Å²) < 4.78 is 33.3. The largest absolute Gasteiger partial charge is 0.481 e. The van der Waals surface area contributed by atoms with E-state index in [0.717, 1.165) is 25.7 Å². The number of carboxylic acid groups (broad SMARTS) is 1. The number of hydrogen-bond donors (Lipinski definition) is 1. The molecule has 1 unspecified atom stereocenters. The minimum absolute atomic E-state index is 0.0569. The van der Waals surface area contributed by atoms with Gasteiger partial charge in [0.05, 0.1) is 5.92 Å². The number of rotatable bonds is 3. The number of aliphatic carboxylic acids is 1. The van der Waals surface area contributed by atoms with Crippen LogP contribution < -0.4 is 0 Å². The van der Waals surface area contributed by atoms with Crippen molar-refractivity contribution >= 4 is 16.0 Å². The minimum Gasteiger partial charge on any atom is -0.481 e. The van der Waals surface area contributed by atoms with E-state index in [4.69, 9.17) is 4.42 Å². The third-order valence-corrected chi connectivity index (χ3v) is 7.40. The quantitative estimate of drug-likeness (QED) is 0.913. The first-order valence-electron chi connectivity index (χ1n) is 8.09. The van der Waals surface area contributed by atoms with E-state index >= 15 is 0 Å². The average molecular weight is 341 g/mol. The van der Waals surface area contributed by atoms with Crippen molar-refractivity contribution in [3.63, 3.8) is 0 Å². The van der Waals surface area contributed by atoms with Gasteiger partial charge in [-0.2, -0.15) is 4.31 Å². The summed E-state index contributed by atoms with van der Waals surface area (Å²) in [7, 11) is -3.75. The van der Waals surface area contributed by atoms with Crippen molar-refractivity contribution in [3.8, 4) is 0 Å². The lowest BCUT2D eigenvalue weighted by molar-refractivity contribution is -0.144. The van der Waals surface area contributed by atoms with Gasteiger partial charge in [-0.1, -0.05) is 12.8 Å². The Balaban J connectivity index is 2.04. The Bertz CT molecular complexity index is 715. The van der Waals surface area contributed by atoms with E-state index in [0.29, 0.717) is 24.4 Å². The molecule has 2 fully saturated rings. The van der Waals surface area contributed by atoms with Gasteiger partial charge in [0, 0.05) is 12.1 Å². The highest BCUT2D eigenvalue weighted by Gasteiger charge is 2.51. The van der Waals surface area contributed by atoms with Crippen molar-refractivity contribution in [3.05, 3.63) is 17.6 Å². The van der Waals surface area contributed by atoms with Crippen LogP contribution in [0.1, 0.15) is 50.0 Å². The molecule has 1 spiro atoms. The zero-order chi connectivity index (χ0) is 16.8. The summed E-state index contributed by atoms with van der Waals surface area (Å²) in [5, 5.41) is 9.34. The maximum absolute atomic E-state index is 13.2. The normalized spacial score (nSPS) is 25.0. The van der Waals surface area contributed by atoms with Gasteiger partial charge in [-0.3, -0.25) is 4.79 Å². The van der Waals surface area contributed by atoms with Crippen LogP contribution in [0.5, 0.6) is 0 Å². The predicted molar refractivity (Wildman–Crippen MR) is 83.6 cm³/mol. The second kappa shape index (κ2) is 5.63. The molecule has 0 amide bonds. The fourth-order valence-corrected chi connectivity index (χ4v) is 6.24. The van der Waals surface area contributed by atoms with Crippen LogP contribution in [0, 0.1) is 19.8 Å². The minimum atomic E-state index is -3.75. The second-order valence-corrected chi connectivity index (χ2v) is 8.65. The smallest absolute Gasteiger partial charge is 0.307 e. The van der Waals surface area contributed by atoms with Crippen molar-refractivity contribution in [2.24, 2.45) is 5.92 Å². The molecule has 0 radical (unpaired) electrons. The predicted octanol–water partition coefficient (Wildman–Crippen LogP) is 2.69. The first-order valence-corrected chi connectivity index (χ1v) is 9.53. The zero-order valence-electron chi connectivity index (χ0n) is 13.5. The highest BCUT2D eigenvalue weighted by atomic mass is 32.2. The van der Waals surface area contributed by atoms with Gasteiger partial charge in [0.2, 0.25) is 10.0 Å². The fraction of sp³-hybridized carbons (Fsp3) is 0.688. The molecule has 1 aromatic rings. The molecule has 128 valence electrons. The third kappa shape index (κ3) is 2.70. The summed E-state index contributed by atoms with van der Waals surface area (Å²) in [6, 6.07) is 1.54. The van der Waals surface area contributed by atoms with E-state index < -0.39 is 27.4 Å². The van der Waals surface area contributed by atoms with E-state index in [1.807, 2.05) is 0 Å². The number of furan rings is 1. The molecule has 1 aliphatic carbocycles. The van der Waals surface area contributed by atoms with E-state index in [2.05, 4.69) is 0 Å². The Labute approximate surface area is 136 Å². The molecular formula is C16H23NO5S. The van der Waals surface area contributed by atoms with Crippen LogP contribution in [-0.4, -0.2) is 35.9 Å². The molecule has 0 bridgehead atoms. The molecule has 3 rings (SSSR count). The molecule has 1 saturated carbocycles. The lowest BCUT2D eigenvalue weighted by Crippen LogP contribution is -2.56. The topological polar surface area (TPSA) is 87.8 Å². The summed E-state index contributed by atoms with van der Waals surface area (Å²) in [6.07, 6.45) is 4.78. The van der Waals surface area contributed by atoms with Gasteiger partial charge in [-0.15, -0.1) is 0 Å². The van der Waals surface area contributed by atoms with Gasteiger partial charge >= 0.3 is 5.97 Å². The van der Waals surface area contributed by atoms with Crippen molar-refractivity contribution in [1.82, 2.24) is 4.31 Å². The molecule has 0 aromatic carbocycles. The Hall–Kier alpha value is -1.34. The van der Waals surface area contributed by atoms with Gasteiger partial charge in [0.25, 0.3) is 0 Å². The van der Waals surface area contributed by atoms with Crippen LogP contribution in [0.3, 0.4) is 0 Å². The maximum Gasteiger partial charge on any atom is 0.307 e. The van der Waals surface area contributed by atoms with Crippen LogP contribution in [-0.2, 0) is 14.8 Å². The summed E-state index contributed by atoms with van der Waals surface area (Å²) in [5.74, 6) is -0.635. The molecule has 1 aromatic heterocycles. The first-order chi connectivity index (χ1) is 10.8. The number of carboxylic acids is 1. The van der Waals surface area contributed by atoms with Gasteiger partial charge < -0.3 is 9.52 Å². The number of carbonyl (C=O) groups is 1. The molecule has 1 N–H and O–H groups in total. The average Bonchev–Trinajstić information content (AvgIpc) is 3.06. The van der Waals surface area contributed by atoms with Crippen LogP contribution >= 0.6 is 0 Å². The van der Waals surface area contributed by atoms with Gasteiger partial charge in [0.1, 0.15) is 16.4 Å². The maximum atomic E-state index is 13.2. The SMILES string of the molecule is Cc1cc(S(=O)(=O)N2CC(C(=O)O)CCC23CCCC3)c(C)o1. The van der Waals surface area contributed by atoms with Crippen molar-refractivity contribution in [2.45, 2.75) is 62.8 Å². The lowest BCUT2D eigenvalue weighted by atomic mass is 9.83. The molecule has 1 saturated heterocycles. The molecule has 2 aliphatic rings. The van der Waals surface area contributed by atoms with Gasteiger partial charge in [-0.05, 0) is 45.6 Å². The van der Waals surface area contributed by atoms with Crippen molar-refractivity contribution in [1.29, 1.82) is 0 Å². The number of hydrogen-bond acceptors (Lipinski definition) is 4. The van der Waals surface area contributed by atoms with Crippen molar-refractivity contribution < 1.29 is 22.7 Å². The molecule has 23 heavy (non-hydrogen) atoms. The summed E-state index contributed by atoms with van der Waals surface area (Å²) in [4.78, 5) is 11.6. The molecule has 6 nitrogen and oxygen atoms in total. The second-order valence-electron chi connectivity index (χ2n) is 6.82. The fourth-order valence-electron chi connectivity index (χ4n) is 4.12. The standard InChI is InChI=1S/C16H23NO5S/c1-11-9-14(12(2)22-11)23(20,21)17-10-13(15(18)19)5-8-16(17)6-3-4-7-16/h9,13H,3-8,10H2,1-2H3,(H,18,19). The van der Waals surface area contributed by atoms with Gasteiger partial charge in [-0.25, -0.2) is 8.42 Å². The summed E-state index contributed by atoms with van der Waals surface area (Å²) in [6.45, 7) is 3.41. The number of sulfonamides is 1. The molecule has 1 aliphatic heterocycles. The van der Waals surface area contributed by atoms with Crippen molar-refractivity contribution in [2.75, 3.05) is 6.54 Å². The highest BCUT2D eigenvalue weighted by Crippen LogP contribution is 2.46. The van der Waals surface area contributed by atoms with Crippen LogP contribution in [0.4, 0.5) is 0 Å². The van der Waals surface area contributed by atoms with Crippen LogP contribution in [0.2, 0.25) is 0 Å². The molecule has 2 heterocycles. The Morgan fingerprint density at radius 2 is 1.96 bits per heavy atom. The Morgan fingerprint density at radius 3 is 2.48 bits per heavy atom. The summed E-state index contributed by atoms with van der Waals surface area (Å²) >= 11 is 0. The van der Waals surface area contributed by atoms with Crippen LogP contribution in [0.25, 0.3) is 0 Å². The van der Waals surface area contributed by atoms with E-state index in [9.17, 15) is 18.3 Å². The van der Waals surface area contributed by atoms with E-state index in [1.165, 1.54) is 10.4 Å². The Morgan fingerprint density at radius 1 is 1.30 bits per heavy atom. The molecular weight excluding hydrogens is 318 g/mol. The molecule has 1 atom stereocenters. The third-order valence-electron chi connectivity index (χ3n) is 5.32. The Kier molecular flexibility index (Phi) is 4.04. The molecule has 7 heteroatoms. The number of aryl methyl sites for hydroxylation is 2. The van der Waals surface area contributed by atoms with E-state index in [1.54, 1.807) is 13.8 Å². The number of piperidine rings is 1. The first kappa shape index (κ1) is 16.5. The van der Waals surface area contributed by atoms with E-state index in [-0.39, 0.29) is 11.4 Å². The zero-order valence-corrected chi connectivity index (χ0v) is 14.4. The lowest BCUT2D eigenvalue weighted by Gasteiger charge is -2.45. The van der Waals surface area contributed by atoms with Crippen LogP contribution in [0.15, 0.2) is 15.4 Å². The van der Waals surface area contributed by atoms with Gasteiger partial charge in [0.15, 0.2) is 0 Å². The summed E-state index contributed by atoms with van der Waals surface area (Å²) in [5.41, 5.74) is -0.414. The monoisotopic (exact) mass is 341 g/mol. The highest BCUT2D eigenvalue weighted by molar-refractivity contribution is 7.89.